The van der Waals surface area contributed by atoms with Crippen molar-refractivity contribution in [2.75, 3.05) is 6.54 Å². The van der Waals surface area contributed by atoms with Crippen molar-refractivity contribution in [3.63, 3.8) is 0 Å². The molecule has 1 saturated carbocycles. The Morgan fingerprint density at radius 3 is 2.57 bits per heavy atom. The van der Waals surface area contributed by atoms with E-state index in [2.05, 4.69) is 22.5 Å². The smallest absolute Gasteiger partial charge is 0.256 e. The van der Waals surface area contributed by atoms with E-state index in [4.69, 9.17) is 0 Å². The van der Waals surface area contributed by atoms with Crippen LogP contribution < -0.4 is 16.1 Å². The first-order valence-corrected chi connectivity index (χ1v) is 7.83. The third-order valence-corrected chi connectivity index (χ3v) is 4.05. The van der Waals surface area contributed by atoms with Gasteiger partial charge in [-0.1, -0.05) is 6.92 Å². The molecule has 1 aliphatic rings. The van der Waals surface area contributed by atoms with Crippen molar-refractivity contribution in [2.24, 2.45) is 0 Å². The second-order valence-electron chi connectivity index (χ2n) is 5.87. The average molecular weight is 291 g/mol. The average Bonchev–Trinajstić information content (AvgIpc) is 2.46. The molecule has 0 aliphatic heterocycles. The van der Waals surface area contributed by atoms with Gasteiger partial charge in [-0.15, -0.1) is 0 Å². The normalized spacial score (nSPS) is 22.0. The molecule has 0 spiro atoms. The number of nitrogens with one attached hydrogen (secondary N) is 3. The van der Waals surface area contributed by atoms with Crippen LogP contribution in [0.2, 0.25) is 0 Å². The predicted molar refractivity (Wildman–Crippen MR) is 83.6 cm³/mol. The summed E-state index contributed by atoms with van der Waals surface area (Å²) in [5, 5.41) is 6.51. The molecule has 1 aromatic heterocycles. The zero-order valence-electron chi connectivity index (χ0n) is 12.9. The van der Waals surface area contributed by atoms with Crippen LogP contribution in [0.4, 0.5) is 0 Å². The molecule has 1 aromatic rings. The molecule has 0 aromatic carbocycles. The van der Waals surface area contributed by atoms with E-state index >= 15 is 0 Å². The van der Waals surface area contributed by atoms with Gasteiger partial charge in [0.25, 0.3) is 5.91 Å². The molecular formula is C16H25N3O2. The Morgan fingerprint density at radius 1 is 1.29 bits per heavy atom. The highest BCUT2D eigenvalue weighted by molar-refractivity contribution is 5.93. The van der Waals surface area contributed by atoms with E-state index in [-0.39, 0.29) is 22.9 Å². The second kappa shape index (κ2) is 7.41. The van der Waals surface area contributed by atoms with Gasteiger partial charge in [0.05, 0.1) is 0 Å². The summed E-state index contributed by atoms with van der Waals surface area (Å²) in [6, 6.07) is 2.21. The summed E-state index contributed by atoms with van der Waals surface area (Å²) in [6.07, 6.45) is 6.74. The van der Waals surface area contributed by atoms with Gasteiger partial charge in [-0.2, -0.15) is 0 Å². The van der Waals surface area contributed by atoms with Gasteiger partial charge in [0.15, 0.2) is 5.43 Å². The lowest BCUT2D eigenvalue weighted by molar-refractivity contribution is 0.0923. The molecule has 0 bridgehead atoms. The minimum atomic E-state index is -0.263. The van der Waals surface area contributed by atoms with Crippen LogP contribution in [0.15, 0.2) is 17.1 Å². The van der Waals surface area contributed by atoms with Gasteiger partial charge in [-0.25, -0.2) is 0 Å². The molecule has 0 radical (unpaired) electrons. The van der Waals surface area contributed by atoms with Gasteiger partial charge in [-0.3, -0.25) is 9.59 Å². The highest BCUT2D eigenvalue weighted by Gasteiger charge is 2.23. The molecule has 21 heavy (non-hydrogen) atoms. The van der Waals surface area contributed by atoms with E-state index in [1.54, 1.807) is 6.92 Å². The van der Waals surface area contributed by atoms with Gasteiger partial charge in [0.1, 0.15) is 5.56 Å². The summed E-state index contributed by atoms with van der Waals surface area (Å²) in [6.45, 7) is 5.02. The van der Waals surface area contributed by atoms with Crippen molar-refractivity contribution in [2.45, 2.75) is 58.0 Å². The third-order valence-electron chi connectivity index (χ3n) is 4.05. The van der Waals surface area contributed by atoms with Crippen LogP contribution in [0.25, 0.3) is 0 Å². The van der Waals surface area contributed by atoms with Crippen LogP contribution in [0.1, 0.15) is 55.1 Å². The lowest BCUT2D eigenvalue weighted by atomic mass is 9.91. The second-order valence-corrected chi connectivity index (χ2v) is 5.87. The Bertz CT molecular complexity index is 531. The maximum Gasteiger partial charge on any atom is 0.256 e. The zero-order valence-corrected chi connectivity index (χ0v) is 12.9. The van der Waals surface area contributed by atoms with Gasteiger partial charge in [-0.05, 0) is 45.6 Å². The molecule has 1 amide bonds. The van der Waals surface area contributed by atoms with Crippen LogP contribution in [0.5, 0.6) is 0 Å². The standard InChI is InChI=1S/C16H25N3O2/c1-3-8-17-12-4-6-13(7-5-12)19-16(21)14-10-18-11(2)9-15(14)20/h9-10,12-13,17H,3-8H2,1-2H3,(H,18,20)(H,19,21). The van der Waals surface area contributed by atoms with Crippen molar-refractivity contribution in [3.8, 4) is 0 Å². The van der Waals surface area contributed by atoms with Gasteiger partial charge in [0.2, 0.25) is 0 Å². The molecule has 5 nitrogen and oxygen atoms in total. The quantitative estimate of drug-likeness (QED) is 0.773. The van der Waals surface area contributed by atoms with E-state index in [0.717, 1.165) is 44.3 Å². The molecule has 116 valence electrons. The fourth-order valence-corrected chi connectivity index (χ4v) is 2.80. The molecule has 0 unspecified atom stereocenters. The largest absolute Gasteiger partial charge is 0.364 e. The molecule has 1 heterocycles. The Labute approximate surface area is 125 Å². The number of hydrogen-bond donors (Lipinski definition) is 3. The monoisotopic (exact) mass is 291 g/mol. The maximum atomic E-state index is 12.2. The highest BCUT2D eigenvalue weighted by atomic mass is 16.2. The summed E-state index contributed by atoms with van der Waals surface area (Å²) in [5.41, 5.74) is 0.743. The van der Waals surface area contributed by atoms with Crippen molar-refractivity contribution >= 4 is 5.91 Å². The van der Waals surface area contributed by atoms with E-state index in [1.165, 1.54) is 12.3 Å². The number of rotatable bonds is 5. The van der Waals surface area contributed by atoms with Gasteiger partial charge < -0.3 is 15.6 Å². The fourth-order valence-electron chi connectivity index (χ4n) is 2.80. The van der Waals surface area contributed by atoms with Crippen LogP contribution in [-0.4, -0.2) is 29.5 Å². The van der Waals surface area contributed by atoms with E-state index in [1.807, 2.05) is 0 Å². The van der Waals surface area contributed by atoms with Crippen molar-refractivity contribution in [1.82, 2.24) is 15.6 Å². The minimum absolute atomic E-state index is 0.179. The Hall–Kier alpha value is -1.62. The molecule has 1 fully saturated rings. The molecule has 3 N–H and O–H groups in total. The van der Waals surface area contributed by atoms with Crippen LogP contribution in [0.3, 0.4) is 0 Å². The zero-order chi connectivity index (χ0) is 15.2. The Kier molecular flexibility index (Phi) is 5.56. The van der Waals surface area contributed by atoms with Crippen LogP contribution in [0, 0.1) is 6.92 Å². The first kappa shape index (κ1) is 15.8. The molecule has 5 heteroatoms. The van der Waals surface area contributed by atoms with Crippen molar-refractivity contribution < 1.29 is 4.79 Å². The van der Waals surface area contributed by atoms with Gasteiger partial charge in [0, 0.05) is 30.0 Å². The number of aromatic amines is 1. The van der Waals surface area contributed by atoms with E-state index < -0.39 is 0 Å². The molecule has 1 aliphatic carbocycles. The summed E-state index contributed by atoms with van der Waals surface area (Å²) in [7, 11) is 0. The Morgan fingerprint density at radius 2 is 1.95 bits per heavy atom. The number of aromatic nitrogens is 1. The summed E-state index contributed by atoms with van der Waals surface area (Å²) in [5.74, 6) is -0.263. The Balaban J connectivity index is 1.85. The minimum Gasteiger partial charge on any atom is -0.364 e. The lowest BCUT2D eigenvalue weighted by Crippen LogP contribution is -2.43. The molecule has 2 rings (SSSR count). The topological polar surface area (TPSA) is 74.0 Å². The number of carbonyl (C=O) groups excluding carboxylic acids is 1. The lowest BCUT2D eigenvalue weighted by Gasteiger charge is -2.29. The number of hydrogen-bond acceptors (Lipinski definition) is 3. The number of carbonyl (C=O) groups is 1. The number of amides is 1. The summed E-state index contributed by atoms with van der Waals surface area (Å²) in [4.78, 5) is 26.9. The number of H-pyrrole nitrogens is 1. The molecule has 0 saturated heterocycles. The molecular weight excluding hydrogens is 266 g/mol. The highest BCUT2D eigenvalue weighted by Crippen LogP contribution is 2.18. The first-order valence-electron chi connectivity index (χ1n) is 7.83. The van der Waals surface area contributed by atoms with Gasteiger partial charge >= 0.3 is 0 Å². The maximum absolute atomic E-state index is 12.2. The number of pyridine rings is 1. The predicted octanol–water partition coefficient (Wildman–Crippen LogP) is 1.72. The summed E-state index contributed by atoms with van der Waals surface area (Å²) < 4.78 is 0. The van der Waals surface area contributed by atoms with Crippen molar-refractivity contribution in [3.05, 3.63) is 33.7 Å². The summed E-state index contributed by atoms with van der Waals surface area (Å²) >= 11 is 0. The molecule has 0 atom stereocenters. The fraction of sp³-hybridized carbons (Fsp3) is 0.625. The van der Waals surface area contributed by atoms with Crippen molar-refractivity contribution in [1.29, 1.82) is 0 Å². The van der Waals surface area contributed by atoms with E-state index in [0.29, 0.717) is 6.04 Å². The third kappa shape index (κ3) is 4.43. The van der Waals surface area contributed by atoms with E-state index in [9.17, 15) is 9.59 Å². The SMILES string of the molecule is CCCNC1CCC(NC(=O)c2c[nH]c(C)cc2=O)CC1. The number of aryl methyl sites for hydroxylation is 1. The first-order chi connectivity index (χ1) is 10.1. The van der Waals surface area contributed by atoms with Crippen LogP contribution in [-0.2, 0) is 0 Å². The van der Waals surface area contributed by atoms with Crippen LogP contribution >= 0.6 is 0 Å².